The number of nitrogens with one attached hydrogen (secondary N) is 2. The van der Waals surface area contributed by atoms with Gasteiger partial charge in [0.15, 0.2) is 5.69 Å². The maximum absolute atomic E-state index is 11.7. The number of hydrogen-bond donors (Lipinski definition) is 3. The second kappa shape index (κ2) is 7.05. The standard InChI is InChI=1S/C13H12ClN3O3S/c14-8-2-1-3-9(6-8)16-13(20)15-5-4-11-17-10(7-21-11)12(18)19/h1-3,6-7H,4-5H2,(H,18,19)(H2,15,16,20). The van der Waals surface area contributed by atoms with Crippen molar-refractivity contribution in [2.24, 2.45) is 0 Å². The molecule has 6 nitrogen and oxygen atoms in total. The van der Waals surface area contributed by atoms with Crippen LogP contribution < -0.4 is 10.6 Å². The van der Waals surface area contributed by atoms with E-state index in [2.05, 4.69) is 15.6 Å². The predicted molar refractivity (Wildman–Crippen MR) is 81.3 cm³/mol. The molecule has 0 unspecified atom stereocenters. The predicted octanol–water partition coefficient (Wildman–Crippen LogP) is 2.86. The van der Waals surface area contributed by atoms with Crippen molar-refractivity contribution in [1.82, 2.24) is 10.3 Å². The van der Waals surface area contributed by atoms with Crippen LogP contribution in [0.25, 0.3) is 0 Å². The van der Waals surface area contributed by atoms with E-state index in [-0.39, 0.29) is 11.7 Å². The van der Waals surface area contributed by atoms with Gasteiger partial charge in [0.05, 0.1) is 5.01 Å². The van der Waals surface area contributed by atoms with Crippen LogP contribution in [-0.2, 0) is 6.42 Å². The number of halogens is 1. The molecule has 8 heteroatoms. The normalized spacial score (nSPS) is 10.1. The van der Waals surface area contributed by atoms with E-state index >= 15 is 0 Å². The van der Waals surface area contributed by atoms with Crippen molar-refractivity contribution >= 4 is 40.6 Å². The van der Waals surface area contributed by atoms with Crippen LogP contribution >= 0.6 is 22.9 Å². The number of urea groups is 1. The summed E-state index contributed by atoms with van der Waals surface area (Å²) in [4.78, 5) is 26.3. The molecule has 0 atom stereocenters. The van der Waals surface area contributed by atoms with Crippen LogP contribution in [0.5, 0.6) is 0 Å². The van der Waals surface area contributed by atoms with E-state index in [0.717, 1.165) is 0 Å². The number of nitrogens with zero attached hydrogens (tertiary/aromatic N) is 1. The Labute approximate surface area is 129 Å². The SMILES string of the molecule is O=C(NCCc1nc(C(=O)O)cs1)Nc1cccc(Cl)c1. The van der Waals surface area contributed by atoms with Crippen LogP contribution in [0.15, 0.2) is 29.6 Å². The number of rotatable bonds is 5. The molecular formula is C13H12ClN3O3S. The summed E-state index contributed by atoms with van der Waals surface area (Å²) in [6.07, 6.45) is 0.473. The lowest BCUT2D eigenvalue weighted by Crippen LogP contribution is -2.30. The van der Waals surface area contributed by atoms with Gasteiger partial charge in [0, 0.05) is 29.1 Å². The fourth-order valence-electron chi connectivity index (χ4n) is 1.55. The van der Waals surface area contributed by atoms with Crippen molar-refractivity contribution in [3.05, 3.63) is 45.4 Å². The van der Waals surface area contributed by atoms with Crippen molar-refractivity contribution < 1.29 is 14.7 Å². The monoisotopic (exact) mass is 325 g/mol. The highest BCUT2D eigenvalue weighted by molar-refractivity contribution is 7.09. The highest BCUT2D eigenvalue weighted by Crippen LogP contribution is 2.14. The Balaban J connectivity index is 1.77. The lowest BCUT2D eigenvalue weighted by molar-refractivity contribution is 0.0691. The first-order chi connectivity index (χ1) is 10.0. The Bertz CT molecular complexity index is 660. The minimum absolute atomic E-state index is 0.0263. The van der Waals surface area contributed by atoms with Gasteiger partial charge in [0.25, 0.3) is 0 Å². The molecule has 1 aromatic carbocycles. The molecule has 21 heavy (non-hydrogen) atoms. The van der Waals surface area contributed by atoms with Gasteiger partial charge in [-0.3, -0.25) is 0 Å². The third kappa shape index (κ3) is 4.73. The van der Waals surface area contributed by atoms with E-state index in [1.807, 2.05) is 0 Å². The number of amides is 2. The van der Waals surface area contributed by atoms with Crippen LogP contribution in [-0.4, -0.2) is 28.6 Å². The lowest BCUT2D eigenvalue weighted by atomic mass is 10.3. The van der Waals surface area contributed by atoms with Crippen molar-refractivity contribution in [3.63, 3.8) is 0 Å². The maximum Gasteiger partial charge on any atom is 0.355 e. The largest absolute Gasteiger partial charge is 0.476 e. The minimum Gasteiger partial charge on any atom is -0.476 e. The zero-order chi connectivity index (χ0) is 15.2. The van der Waals surface area contributed by atoms with Gasteiger partial charge in [-0.05, 0) is 18.2 Å². The number of carboxylic acids is 1. The molecule has 2 amide bonds. The molecule has 0 aliphatic carbocycles. The van der Waals surface area contributed by atoms with E-state index in [1.165, 1.54) is 16.7 Å². The third-order valence-corrected chi connectivity index (χ3v) is 3.62. The van der Waals surface area contributed by atoms with E-state index in [1.54, 1.807) is 24.3 Å². The second-order valence-corrected chi connectivity index (χ2v) is 5.45. The van der Waals surface area contributed by atoms with Crippen molar-refractivity contribution in [2.45, 2.75) is 6.42 Å². The Morgan fingerprint density at radius 2 is 2.19 bits per heavy atom. The lowest BCUT2D eigenvalue weighted by Gasteiger charge is -2.06. The zero-order valence-corrected chi connectivity index (χ0v) is 12.4. The van der Waals surface area contributed by atoms with Crippen LogP contribution in [0, 0.1) is 0 Å². The summed E-state index contributed by atoms with van der Waals surface area (Å²) in [6.45, 7) is 0.360. The number of thiazole rings is 1. The average Bonchev–Trinajstić information content (AvgIpc) is 2.87. The number of carbonyl (C=O) groups is 2. The number of benzene rings is 1. The first-order valence-electron chi connectivity index (χ1n) is 6.03. The molecule has 0 fully saturated rings. The van der Waals surface area contributed by atoms with E-state index < -0.39 is 5.97 Å². The van der Waals surface area contributed by atoms with Gasteiger partial charge in [0.1, 0.15) is 0 Å². The topological polar surface area (TPSA) is 91.3 Å². The van der Waals surface area contributed by atoms with Crippen molar-refractivity contribution in [3.8, 4) is 0 Å². The summed E-state index contributed by atoms with van der Waals surface area (Å²) in [5, 5.41) is 16.7. The minimum atomic E-state index is -1.05. The van der Waals surface area contributed by atoms with Crippen molar-refractivity contribution in [2.75, 3.05) is 11.9 Å². The number of carboxylic acid groups (broad SMARTS) is 1. The molecule has 1 heterocycles. The summed E-state index contributed by atoms with van der Waals surface area (Å²) in [6, 6.07) is 6.47. The highest BCUT2D eigenvalue weighted by atomic mass is 35.5. The zero-order valence-electron chi connectivity index (χ0n) is 10.8. The van der Waals surface area contributed by atoms with E-state index in [4.69, 9.17) is 16.7 Å². The number of hydrogen-bond acceptors (Lipinski definition) is 4. The van der Waals surface area contributed by atoms with E-state index in [0.29, 0.717) is 28.7 Å². The summed E-state index contributed by atoms with van der Waals surface area (Å²) < 4.78 is 0. The van der Waals surface area contributed by atoms with Gasteiger partial charge in [0.2, 0.25) is 0 Å². The van der Waals surface area contributed by atoms with E-state index in [9.17, 15) is 9.59 Å². The van der Waals surface area contributed by atoms with Crippen LogP contribution in [0.3, 0.4) is 0 Å². The molecule has 2 rings (SSSR count). The average molecular weight is 326 g/mol. The molecule has 0 bridgehead atoms. The fraction of sp³-hybridized carbons (Fsp3) is 0.154. The molecule has 0 aliphatic heterocycles. The summed E-state index contributed by atoms with van der Waals surface area (Å²) in [7, 11) is 0. The molecule has 3 N–H and O–H groups in total. The first kappa shape index (κ1) is 15.3. The van der Waals surface area contributed by atoms with Gasteiger partial charge < -0.3 is 15.7 Å². The smallest absolute Gasteiger partial charge is 0.355 e. The molecule has 0 saturated heterocycles. The molecule has 0 radical (unpaired) electrons. The summed E-state index contributed by atoms with van der Waals surface area (Å²) >= 11 is 7.07. The molecule has 0 aliphatic rings. The number of aromatic nitrogens is 1. The third-order valence-electron chi connectivity index (χ3n) is 2.48. The number of anilines is 1. The summed E-state index contributed by atoms with van der Waals surface area (Å²) in [5.74, 6) is -1.05. The van der Waals surface area contributed by atoms with Gasteiger partial charge in [-0.1, -0.05) is 17.7 Å². The van der Waals surface area contributed by atoms with Gasteiger partial charge >= 0.3 is 12.0 Å². The quantitative estimate of drug-likeness (QED) is 0.788. The van der Waals surface area contributed by atoms with Crippen LogP contribution in [0.2, 0.25) is 5.02 Å². The maximum atomic E-state index is 11.7. The summed E-state index contributed by atoms with van der Waals surface area (Å²) in [5.41, 5.74) is 0.626. The molecule has 0 spiro atoms. The second-order valence-electron chi connectivity index (χ2n) is 4.07. The van der Waals surface area contributed by atoms with Crippen LogP contribution in [0.1, 0.15) is 15.5 Å². The number of aromatic carboxylic acids is 1. The Morgan fingerprint density at radius 3 is 2.86 bits per heavy atom. The highest BCUT2D eigenvalue weighted by Gasteiger charge is 2.08. The Kier molecular flexibility index (Phi) is 5.13. The van der Waals surface area contributed by atoms with Gasteiger partial charge in [-0.25, -0.2) is 14.6 Å². The molecule has 2 aromatic rings. The van der Waals surface area contributed by atoms with Gasteiger partial charge in [-0.15, -0.1) is 11.3 Å². The number of carbonyl (C=O) groups excluding carboxylic acids is 1. The van der Waals surface area contributed by atoms with Crippen LogP contribution in [0.4, 0.5) is 10.5 Å². The molecular weight excluding hydrogens is 314 g/mol. The Hall–Kier alpha value is -2.12. The molecule has 0 saturated carbocycles. The molecule has 110 valence electrons. The first-order valence-corrected chi connectivity index (χ1v) is 7.28. The fourth-order valence-corrected chi connectivity index (χ4v) is 2.51. The molecule has 1 aromatic heterocycles. The Morgan fingerprint density at radius 1 is 1.38 bits per heavy atom. The van der Waals surface area contributed by atoms with Gasteiger partial charge in [-0.2, -0.15) is 0 Å². The van der Waals surface area contributed by atoms with Crippen molar-refractivity contribution in [1.29, 1.82) is 0 Å².